The summed E-state index contributed by atoms with van der Waals surface area (Å²) in [6.45, 7) is 0. The molecule has 0 spiro atoms. The average Bonchev–Trinajstić information content (AvgIpc) is 2.46. The second-order valence-corrected chi connectivity index (χ2v) is 5.28. The maximum atomic E-state index is 11.9. The lowest BCUT2D eigenvalue weighted by Crippen LogP contribution is -2.43. The third-order valence-corrected chi connectivity index (χ3v) is 3.25. The van der Waals surface area contributed by atoms with Gasteiger partial charge in [-0.25, -0.2) is 0 Å². The van der Waals surface area contributed by atoms with Gasteiger partial charge in [-0.1, -0.05) is 41.4 Å². The van der Waals surface area contributed by atoms with E-state index in [0.29, 0.717) is 10.6 Å². The molecule has 0 aliphatic carbocycles. The lowest BCUT2D eigenvalue weighted by atomic mass is 10.2. The van der Waals surface area contributed by atoms with Crippen LogP contribution >= 0.6 is 35.4 Å². The van der Waals surface area contributed by atoms with Crippen LogP contribution in [-0.4, -0.2) is 11.0 Å². The summed E-state index contributed by atoms with van der Waals surface area (Å²) >= 11 is 16.8. The molecule has 2 aromatic carbocycles. The summed E-state index contributed by atoms with van der Waals surface area (Å²) in [7, 11) is 0. The zero-order valence-corrected chi connectivity index (χ0v) is 13.0. The van der Waals surface area contributed by atoms with Crippen molar-refractivity contribution in [3.05, 3.63) is 64.1 Å². The lowest BCUT2D eigenvalue weighted by Gasteiger charge is -2.12. The van der Waals surface area contributed by atoms with E-state index in [2.05, 4.69) is 16.2 Å². The molecule has 0 radical (unpaired) electrons. The van der Waals surface area contributed by atoms with E-state index in [0.717, 1.165) is 5.69 Å². The van der Waals surface area contributed by atoms with Gasteiger partial charge in [-0.3, -0.25) is 15.6 Å². The van der Waals surface area contributed by atoms with E-state index >= 15 is 0 Å². The highest BCUT2D eigenvalue weighted by Gasteiger charge is 2.10. The molecule has 0 unspecified atom stereocenters. The number of anilines is 1. The fourth-order valence-electron chi connectivity index (χ4n) is 1.54. The topological polar surface area (TPSA) is 53.2 Å². The minimum Gasteiger partial charge on any atom is -0.331 e. The quantitative estimate of drug-likeness (QED) is 0.577. The molecule has 4 nitrogen and oxygen atoms in total. The molecule has 0 saturated carbocycles. The standard InChI is InChI=1S/C14H11Cl2N3OS/c15-9-6-7-11(12(16)8-9)13(20)18-19-14(21)17-10-4-2-1-3-5-10/h1-8H,(H,18,20)(H2,17,19,21). The first-order valence-electron chi connectivity index (χ1n) is 5.93. The molecule has 0 aromatic heterocycles. The van der Waals surface area contributed by atoms with E-state index in [-0.39, 0.29) is 10.1 Å². The smallest absolute Gasteiger partial charge is 0.271 e. The fraction of sp³-hybridized carbons (Fsp3) is 0. The molecule has 108 valence electrons. The second-order valence-electron chi connectivity index (χ2n) is 4.02. The summed E-state index contributed by atoms with van der Waals surface area (Å²) < 4.78 is 0. The van der Waals surface area contributed by atoms with Gasteiger partial charge in [0.05, 0.1) is 10.6 Å². The first-order chi connectivity index (χ1) is 10.1. The number of hydrogen-bond donors (Lipinski definition) is 3. The van der Waals surface area contributed by atoms with Crippen molar-refractivity contribution in [3.8, 4) is 0 Å². The highest BCUT2D eigenvalue weighted by Crippen LogP contribution is 2.20. The Balaban J connectivity index is 1.90. The van der Waals surface area contributed by atoms with Gasteiger partial charge in [0, 0.05) is 10.7 Å². The molecule has 0 aliphatic rings. The average molecular weight is 340 g/mol. The van der Waals surface area contributed by atoms with Gasteiger partial charge >= 0.3 is 0 Å². The van der Waals surface area contributed by atoms with Crippen LogP contribution in [0.1, 0.15) is 10.4 Å². The molecule has 21 heavy (non-hydrogen) atoms. The number of halogens is 2. The summed E-state index contributed by atoms with van der Waals surface area (Å²) in [6, 6.07) is 14.0. The number of carbonyl (C=O) groups is 1. The zero-order valence-electron chi connectivity index (χ0n) is 10.7. The van der Waals surface area contributed by atoms with E-state index in [1.165, 1.54) is 12.1 Å². The Kier molecular flexibility index (Phi) is 5.38. The fourth-order valence-corrected chi connectivity index (χ4v) is 2.20. The van der Waals surface area contributed by atoms with Crippen LogP contribution in [0.4, 0.5) is 5.69 Å². The highest BCUT2D eigenvalue weighted by atomic mass is 35.5. The zero-order chi connectivity index (χ0) is 15.2. The highest BCUT2D eigenvalue weighted by molar-refractivity contribution is 7.80. The van der Waals surface area contributed by atoms with Crippen molar-refractivity contribution < 1.29 is 4.79 Å². The minimum absolute atomic E-state index is 0.264. The Bertz CT molecular complexity index is 665. The van der Waals surface area contributed by atoms with Crippen molar-refractivity contribution in [1.82, 2.24) is 10.9 Å². The normalized spacial score (nSPS) is 9.81. The van der Waals surface area contributed by atoms with E-state index in [9.17, 15) is 4.79 Å². The second kappa shape index (κ2) is 7.26. The molecule has 2 aromatic rings. The molecule has 0 atom stereocenters. The molecule has 2 rings (SSSR count). The predicted octanol–water partition coefficient (Wildman–Crippen LogP) is 3.62. The van der Waals surface area contributed by atoms with Crippen molar-refractivity contribution in [2.75, 3.05) is 5.32 Å². The largest absolute Gasteiger partial charge is 0.331 e. The van der Waals surface area contributed by atoms with E-state index in [1.807, 2.05) is 30.3 Å². The van der Waals surface area contributed by atoms with Gasteiger partial charge in [-0.15, -0.1) is 0 Å². The van der Waals surface area contributed by atoms with Crippen LogP contribution in [0.5, 0.6) is 0 Å². The Labute approximate surface area is 137 Å². The van der Waals surface area contributed by atoms with E-state index in [1.54, 1.807) is 6.07 Å². The van der Waals surface area contributed by atoms with Crippen LogP contribution in [0.3, 0.4) is 0 Å². The third-order valence-electron chi connectivity index (χ3n) is 2.50. The third kappa shape index (κ3) is 4.60. The van der Waals surface area contributed by atoms with Crippen molar-refractivity contribution in [3.63, 3.8) is 0 Å². The van der Waals surface area contributed by atoms with Crippen LogP contribution in [0, 0.1) is 0 Å². The summed E-state index contributed by atoms with van der Waals surface area (Å²) in [4.78, 5) is 11.9. The molecular formula is C14H11Cl2N3OS. The first-order valence-corrected chi connectivity index (χ1v) is 7.10. The van der Waals surface area contributed by atoms with Crippen molar-refractivity contribution >= 4 is 52.1 Å². The number of para-hydroxylation sites is 1. The summed E-state index contributed by atoms with van der Waals surface area (Å²) in [5.41, 5.74) is 6.18. The summed E-state index contributed by atoms with van der Waals surface area (Å²) in [6.07, 6.45) is 0. The lowest BCUT2D eigenvalue weighted by molar-refractivity contribution is 0.0944. The molecular weight excluding hydrogens is 329 g/mol. The minimum atomic E-state index is -0.408. The van der Waals surface area contributed by atoms with Gasteiger partial charge < -0.3 is 5.32 Å². The first kappa shape index (κ1) is 15.6. The number of carbonyl (C=O) groups excluding carboxylic acids is 1. The molecule has 0 aliphatic heterocycles. The van der Waals surface area contributed by atoms with Crippen molar-refractivity contribution in [1.29, 1.82) is 0 Å². The number of hydrogen-bond acceptors (Lipinski definition) is 2. The number of nitrogens with one attached hydrogen (secondary N) is 3. The van der Waals surface area contributed by atoms with Crippen LogP contribution in [0.15, 0.2) is 48.5 Å². The van der Waals surface area contributed by atoms with Gasteiger partial charge in [0.15, 0.2) is 5.11 Å². The molecule has 0 saturated heterocycles. The van der Waals surface area contributed by atoms with Gasteiger partial charge in [0.25, 0.3) is 5.91 Å². The van der Waals surface area contributed by atoms with E-state index < -0.39 is 5.91 Å². The molecule has 7 heteroatoms. The molecule has 1 amide bonds. The van der Waals surface area contributed by atoms with E-state index in [4.69, 9.17) is 35.4 Å². The van der Waals surface area contributed by atoms with Crippen LogP contribution in [0.25, 0.3) is 0 Å². The Hall–Kier alpha value is -1.82. The Morgan fingerprint density at radius 1 is 1.00 bits per heavy atom. The van der Waals surface area contributed by atoms with Crippen LogP contribution < -0.4 is 16.2 Å². The molecule has 0 fully saturated rings. The van der Waals surface area contributed by atoms with Crippen molar-refractivity contribution in [2.45, 2.75) is 0 Å². The van der Waals surface area contributed by atoms with Gasteiger partial charge in [-0.05, 0) is 42.5 Å². The monoisotopic (exact) mass is 339 g/mol. The Morgan fingerprint density at radius 3 is 2.38 bits per heavy atom. The number of hydrazine groups is 1. The Morgan fingerprint density at radius 2 is 1.71 bits per heavy atom. The van der Waals surface area contributed by atoms with Gasteiger partial charge in [0.2, 0.25) is 0 Å². The number of amides is 1. The molecule has 3 N–H and O–H groups in total. The van der Waals surface area contributed by atoms with Gasteiger partial charge in [-0.2, -0.15) is 0 Å². The maximum Gasteiger partial charge on any atom is 0.271 e. The van der Waals surface area contributed by atoms with Crippen LogP contribution in [0.2, 0.25) is 10.0 Å². The van der Waals surface area contributed by atoms with Crippen molar-refractivity contribution in [2.24, 2.45) is 0 Å². The summed E-state index contributed by atoms with van der Waals surface area (Å²) in [5.74, 6) is -0.408. The van der Waals surface area contributed by atoms with Crippen LogP contribution in [-0.2, 0) is 0 Å². The summed E-state index contributed by atoms with van der Waals surface area (Å²) in [5, 5.41) is 3.92. The van der Waals surface area contributed by atoms with Gasteiger partial charge in [0.1, 0.15) is 0 Å². The molecule has 0 heterocycles. The predicted molar refractivity (Wildman–Crippen MR) is 89.7 cm³/mol. The SMILES string of the molecule is O=C(NNC(=S)Nc1ccccc1)c1ccc(Cl)cc1Cl. The number of benzene rings is 2. The molecule has 0 bridgehead atoms. The maximum absolute atomic E-state index is 11.9. The number of thiocarbonyl (C=S) groups is 1. The number of rotatable bonds is 2.